The van der Waals surface area contributed by atoms with Crippen molar-refractivity contribution in [2.24, 2.45) is 0 Å². The number of aromatic hydroxyl groups is 1. The Kier molecular flexibility index (Phi) is 10.3. The average molecular weight is 487 g/mol. The molecule has 0 radical (unpaired) electrons. The first-order valence-corrected chi connectivity index (χ1v) is 11.4. The van der Waals surface area contributed by atoms with Crippen molar-refractivity contribution in [3.8, 4) is 11.5 Å². The fourth-order valence-corrected chi connectivity index (χ4v) is 4.40. The maximum Gasteiger partial charge on any atom is 0.308 e. The molecule has 1 aromatic heterocycles. The largest absolute Gasteiger partial charge is 0.504 e. The van der Waals surface area contributed by atoms with E-state index in [-0.39, 0.29) is 23.7 Å². The van der Waals surface area contributed by atoms with E-state index in [0.29, 0.717) is 35.7 Å². The average Bonchev–Trinajstić information content (AvgIpc) is 3.05. The molecule has 0 amide bonds. The van der Waals surface area contributed by atoms with Gasteiger partial charge in [0.15, 0.2) is 5.75 Å². The Labute approximate surface area is 196 Å². The molecule has 2 N–H and O–H groups in total. The third-order valence-corrected chi connectivity index (χ3v) is 5.96. The first-order valence-electron chi connectivity index (χ1n) is 10.6. The molecule has 3 rings (SSSR count). The number of unbranched alkanes of at least 4 members (excludes halogenated alkanes) is 3. The fourth-order valence-electron chi connectivity index (χ4n) is 3.47. The number of ether oxygens (including phenoxy) is 1. The molecule has 32 heavy (non-hydrogen) atoms. The van der Waals surface area contributed by atoms with Crippen molar-refractivity contribution in [1.29, 1.82) is 0 Å². The Bertz CT molecular complexity index is 1040. The van der Waals surface area contributed by atoms with Crippen LogP contribution in [-0.4, -0.2) is 29.3 Å². The Morgan fingerprint density at radius 3 is 2.62 bits per heavy atom. The van der Waals surface area contributed by atoms with Gasteiger partial charge in [0.25, 0.3) is 6.43 Å². The van der Waals surface area contributed by atoms with Crippen LogP contribution < -0.4 is 14.9 Å². The highest BCUT2D eigenvalue weighted by atomic mass is 35.5. The van der Waals surface area contributed by atoms with Crippen molar-refractivity contribution in [2.75, 3.05) is 18.5 Å². The van der Waals surface area contributed by atoms with Crippen LogP contribution in [0.1, 0.15) is 38.2 Å². The number of rotatable bonds is 12. The number of aromatic nitrogens is 1. The van der Waals surface area contributed by atoms with Crippen LogP contribution in [-0.2, 0) is 13.0 Å². The van der Waals surface area contributed by atoms with Crippen molar-refractivity contribution in [1.82, 2.24) is 4.57 Å². The van der Waals surface area contributed by atoms with Crippen LogP contribution in [0, 0.1) is 0 Å². The summed E-state index contributed by atoms with van der Waals surface area (Å²) in [6, 6.07) is 11.5. The number of anilines is 1. The standard InChI is InChI=1S/C23H28F2N2O3S.ClH/c1-2-3-4-8-12-26-20-17(30-13-11-16-9-6-5-7-10-16)14-18-21(22(20)28)27(15-19(24)25)23(29)31-18;/h5-7,9-10,14,19,26,28H,2-4,8,11-13,15H2,1H3;1H. The van der Waals surface area contributed by atoms with Gasteiger partial charge in [0.05, 0.1) is 17.9 Å². The lowest BCUT2D eigenvalue weighted by Gasteiger charge is -2.16. The molecular weight excluding hydrogens is 458 g/mol. The van der Waals surface area contributed by atoms with Crippen molar-refractivity contribution in [2.45, 2.75) is 52.0 Å². The van der Waals surface area contributed by atoms with E-state index in [0.717, 1.165) is 47.2 Å². The van der Waals surface area contributed by atoms with E-state index in [1.54, 1.807) is 6.07 Å². The molecule has 3 aromatic rings. The van der Waals surface area contributed by atoms with Gasteiger partial charge in [0.2, 0.25) is 0 Å². The lowest BCUT2D eigenvalue weighted by Crippen LogP contribution is -2.17. The number of hydrogen-bond donors (Lipinski definition) is 2. The van der Waals surface area contributed by atoms with Gasteiger partial charge in [-0.1, -0.05) is 67.9 Å². The van der Waals surface area contributed by atoms with Crippen molar-refractivity contribution < 1.29 is 18.6 Å². The number of nitrogens with one attached hydrogen (secondary N) is 1. The SMILES string of the molecule is CCCCCCNc1c(OCCc2ccccc2)cc2sc(=O)n(CC(F)F)c2c1O.Cl. The summed E-state index contributed by atoms with van der Waals surface area (Å²) in [6.07, 6.45) is 2.17. The van der Waals surface area contributed by atoms with Crippen LogP contribution in [0.3, 0.4) is 0 Å². The van der Waals surface area contributed by atoms with E-state index < -0.39 is 17.8 Å². The van der Waals surface area contributed by atoms with Gasteiger partial charge in [-0.3, -0.25) is 9.36 Å². The van der Waals surface area contributed by atoms with Gasteiger partial charge >= 0.3 is 4.87 Å². The van der Waals surface area contributed by atoms with Gasteiger partial charge < -0.3 is 15.2 Å². The van der Waals surface area contributed by atoms with Gasteiger partial charge in [-0.05, 0) is 12.0 Å². The number of phenolic OH excluding ortho intramolecular Hbond substituents is 1. The normalized spacial score (nSPS) is 11.0. The first-order chi connectivity index (χ1) is 15.0. The minimum absolute atomic E-state index is 0. The predicted octanol–water partition coefficient (Wildman–Crippen LogP) is 6.07. The zero-order valence-corrected chi connectivity index (χ0v) is 19.6. The maximum atomic E-state index is 13.0. The summed E-state index contributed by atoms with van der Waals surface area (Å²) < 4.78 is 33.3. The number of phenols is 1. The van der Waals surface area contributed by atoms with Crippen LogP contribution in [0.5, 0.6) is 11.5 Å². The third kappa shape index (κ3) is 6.59. The summed E-state index contributed by atoms with van der Waals surface area (Å²) >= 11 is 0.829. The molecule has 0 unspecified atom stereocenters. The highest BCUT2D eigenvalue weighted by molar-refractivity contribution is 7.16. The molecule has 0 aliphatic rings. The van der Waals surface area contributed by atoms with Crippen molar-refractivity contribution in [3.05, 3.63) is 51.6 Å². The number of benzene rings is 2. The monoisotopic (exact) mass is 486 g/mol. The summed E-state index contributed by atoms with van der Waals surface area (Å²) in [5.74, 6) is 0.198. The highest BCUT2D eigenvalue weighted by Crippen LogP contribution is 2.42. The summed E-state index contributed by atoms with van der Waals surface area (Å²) in [4.78, 5) is 11.7. The molecule has 0 aliphatic heterocycles. The molecule has 0 bridgehead atoms. The van der Waals surface area contributed by atoms with Crippen molar-refractivity contribution in [3.63, 3.8) is 0 Å². The molecule has 0 spiro atoms. The van der Waals surface area contributed by atoms with Gasteiger partial charge in [0, 0.05) is 19.0 Å². The molecule has 9 heteroatoms. The Hall–Kier alpha value is -2.32. The molecule has 5 nitrogen and oxygen atoms in total. The summed E-state index contributed by atoms with van der Waals surface area (Å²) in [6.45, 7) is 2.37. The van der Waals surface area contributed by atoms with Gasteiger partial charge in [-0.15, -0.1) is 12.4 Å². The smallest absolute Gasteiger partial charge is 0.308 e. The lowest BCUT2D eigenvalue weighted by molar-refractivity contribution is 0.127. The van der Waals surface area contributed by atoms with Crippen molar-refractivity contribution >= 4 is 39.6 Å². The summed E-state index contributed by atoms with van der Waals surface area (Å²) in [5, 5.41) is 14.1. The number of fused-ring (bicyclic) bond motifs is 1. The van der Waals surface area contributed by atoms with E-state index in [1.165, 1.54) is 0 Å². The number of thiazole rings is 1. The lowest BCUT2D eigenvalue weighted by atomic mass is 10.1. The second kappa shape index (κ2) is 12.6. The van der Waals surface area contributed by atoms with E-state index >= 15 is 0 Å². The molecule has 2 aromatic carbocycles. The topological polar surface area (TPSA) is 63.5 Å². The molecule has 0 saturated carbocycles. The third-order valence-electron chi connectivity index (χ3n) is 5.03. The zero-order chi connectivity index (χ0) is 22.2. The second-order valence-corrected chi connectivity index (χ2v) is 8.38. The van der Waals surface area contributed by atoms with Crippen LogP contribution in [0.4, 0.5) is 14.5 Å². The number of hydrogen-bond acceptors (Lipinski definition) is 5. The molecule has 0 fully saturated rings. The molecule has 0 aliphatic carbocycles. The Balaban J connectivity index is 0.00000363. The molecule has 176 valence electrons. The van der Waals surface area contributed by atoms with E-state index in [1.807, 2.05) is 30.3 Å². The Morgan fingerprint density at radius 2 is 1.94 bits per heavy atom. The van der Waals surface area contributed by atoms with Crippen LogP contribution in [0.15, 0.2) is 41.2 Å². The van der Waals surface area contributed by atoms with Gasteiger partial charge in [-0.25, -0.2) is 8.78 Å². The van der Waals surface area contributed by atoms with Crippen LogP contribution >= 0.6 is 23.7 Å². The fraction of sp³-hybridized carbons (Fsp3) is 0.435. The summed E-state index contributed by atoms with van der Waals surface area (Å²) in [5.41, 5.74) is 1.59. The van der Waals surface area contributed by atoms with E-state index in [4.69, 9.17) is 4.74 Å². The Morgan fingerprint density at radius 1 is 1.19 bits per heavy atom. The molecular formula is C23H29ClF2N2O3S. The predicted molar refractivity (Wildman–Crippen MR) is 129 cm³/mol. The molecule has 1 heterocycles. The van der Waals surface area contributed by atoms with Crippen LogP contribution in [0.2, 0.25) is 0 Å². The second-order valence-electron chi connectivity index (χ2n) is 7.39. The van der Waals surface area contributed by atoms with Crippen LogP contribution in [0.25, 0.3) is 10.2 Å². The molecule has 0 saturated heterocycles. The van der Waals surface area contributed by atoms with Gasteiger partial charge in [0.1, 0.15) is 17.0 Å². The number of nitrogens with zero attached hydrogens (tertiary/aromatic N) is 1. The number of alkyl halides is 2. The quantitative estimate of drug-likeness (QED) is 0.241. The molecule has 0 atom stereocenters. The minimum atomic E-state index is -2.69. The maximum absolute atomic E-state index is 13.0. The minimum Gasteiger partial charge on any atom is -0.504 e. The summed E-state index contributed by atoms with van der Waals surface area (Å²) in [7, 11) is 0. The highest BCUT2D eigenvalue weighted by Gasteiger charge is 2.21. The zero-order valence-electron chi connectivity index (χ0n) is 18.0. The van der Waals surface area contributed by atoms with E-state index in [2.05, 4.69) is 12.2 Å². The first kappa shape index (κ1) is 25.9. The van der Waals surface area contributed by atoms with E-state index in [9.17, 15) is 18.7 Å². The van der Waals surface area contributed by atoms with Gasteiger partial charge in [-0.2, -0.15) is 0 Å². The number of halogens is 3.